The van der Waals surface area contributed by atoms with E-state index < -0.39 is 0 Å². The van der Waals surface area contributed by atoms with Crippen LogP contribution in [0.1, 0.15) is 11.1 Å². The Labute approximate surface area is 171 Å². The van der Waals surface area contributed by atoms with Gasteiger partial charge in [-0.3, -0.25) is 10.1 Å². The number of methoxy groups -OCH3 is 1. The number of aryl methyl sites for hydroxylation is 2. The van der Waals surface area contributed by atoms with Crippen LogP contribution >= 0.6 is 11.3 Å². The molecular weight excluding hydrogens is 388 g/mol. The summed E-state index contributed by atoms with van der Waals surface area (Å²) in [6.07, 6.45) is 0. The molecule has 0 aliphatic heterocycles. The summed E-state index contributed by atoms with van der Waals surface area (Å²) in [5.41, 5.74) is 4.04. The number of ether oxygens (including phenoxy) is 2. The molecule has 0 aliphatic rings. The van der Waals surface area contributed by atoms with Gasteiger partial charge in [0.05, 0.1) is 12.8 Å². The molecule has 0 radical (unpaired) electrons. The Morgan fingerprint density at radius 3 is 2.79 bits per heavy atom. The van der Waals surface area contributed by atoms with Crippen molar-refractivity contribution in [1.82, 2.24) is 14.6 Å². The number of aromatic nitrogens is 3. The number of hydrogen-bond acceptors (Lipinski definition) is 6. The predicted molar refractivity (Wildman–Crippen MR) is 113 cm³/mol. The highest BCUT2D eigenvalue weighted by molar-refractivity contribution is 7.15. The number of nitrogens with one attached hydrogen (secondary N) is 1. The summed E-state index contributed by atoms with van der Waals surface area (Å²) in [6.45, 7) is 3.92. The zero-order chi connectivity index (χ0) is 20.4. The van der Waals surface area contributed by atoms with E-state index in [1.54, 1.807) is 11.6 Å². The van der Waals surface area contributed by atoms with E-state index in [-0.39, 0.29) is 18.5 Å². The molecule has 0 unspecified atom stereocenters. The Hall–Kier alpha value is -3.39. The van der Waals surface area contributed by atoms with Crippen molar-refractivity contribution in [2.75, 3.05) is 19.0 Å². The van der Waals surface area contributed by atoms with Gasteiger partial charge in [-0.2, -0.15) is 4.98 Å². The van der Waals surface area contributed by atoms with Gasteiger partial charge in [-0.05, 0) is 49.2 Å². The number of benzene rings is 2. The third kappa shape index (κ3) is 3.93. The van der Waals surface area contributed by atoms with Gasteiger partial charge in [0.15, 0.2) is 6.61 Å². The molecule has 0 spiro atoms. The second-order valence-electron chi connectivity index (χ2n) is 6.53. The Bertz CT molecular complexity index is 1180. The number of para-hydroxylation sites is 1. The van der Waals surface area contributed by atoms with Gasteiger partial charge >= 0.3 is 0 Å². The van der Waals surface area contributed by atoms with Gasteiger partial charge in [0.25, 0.3) is 11.9 Å². The van der Waals surface area contributed by atoms with Crippen LogP contribution in [0.25, 0.3) is 16.2 Å². The monoisotopic (exact) mass is 408 g/mol. The fraction of sp³-hybridized carbons (Fsp3) is 0.190. The van der Waals surface area contributed by atoms with Crippen molar-refractivity contribution in [2.45, 2.75) is 13.8 Å². The minimum atomic E-state index is -0.319. The SMILES string of the molecule is COc1ccccc1-c1csc2nc(NC(=O)COc3ccc(C)c(C)c3)nn12. The van der Waals surface area contributed by atoms with E-state index in [1.807, 2.05) is 61.7 Å². The van der Waals surface area contributed by atoms with Crippen molar-refractivity contribution in [1.29, 1.82) is 0 Å². The minimum Gasteiger partial charge on any atom is -0.496 e. The molecule has 2 aromatic heterocycles. The summed E-state index contributed by atoms with van der Waals surface area (Å²) in [4.78, 5) is 17.3. The van der Waals surface area contributed by atoms with Gasteiger partial charge in [0.1, 0.15) is 11.5 Å². The van der Waals surface area contributed by atoms with Crippen LogP contribution < -0.4 is 14.8 Å². The Balaban J connectivity index is 1.48. The first-order valence-electron chi connectivity index (χ1n) is 9.02. The summed E-state index contributed by atoms with van der Waals surface area (Å²) < 4.78 is 12.7. The van der Waals surface area contributed by atoms with Crippen LogP contribution in [0.3, 0.4) is 0 Å². The molecule has 1 amide bonds. The van der Waals surface area contributed by atoms with Gasteiger partial charge in [0.2, 0.25) is 4.96 Å². The number of rotatable bonds is 6. The number of fused-ring (bicyclic) bond motifs is 1. The third-order valence-electron chi connectivity index (χ3n) is 4.56. The summed E-state index contributed by atoms with van der Waals surface area (Å²) in [5, 5.41) is 9.07. The van der Waals surface area contributed by atoms with Gasteiger partial charge in [-0.15, -0.1) is 16.4 Å². The second kappa shape index (κ2) is 7.92. The molecule has 0 aliphatic carbocycles. The molecule has 148 valence electrons. The van der Waals surface area contributed by atoms with Crippen LogP contribution in [-0.4, -0.2) is 34.2 Å². The smallest absolute Gasteiger partial charge is 0.264 e. The number of nitrogens with zero attached hydrogens (tertiary/aromatic N) is 3. The van der Waals surface area contributed by atoms with Crippen LogP contribution in [0, 0.1) is 13.8 Å². The van der Waals surface area contributed by atoms with Crippen LogP contribution in [0.5, 0.6) is 11.5 Å². The normalized spacial score (nSPS) is 10.9. The lowest BCUT2D eigenvalue weighted by atomic mass is 10.1. The van der Waals surface area contributed by atoms with Crippen molar-refractivity contribution in [3.8, 4) is 22.8 Å². The predicted octanol–water partition coefficient (Wildman–Crippen LogP) is 4.10. The first kappa shape index (κ1) is 18.9. The maximum Gasteiger partial charge on any atom is 0.264 e. The number of hydrogen-bond donors (Lipinski definition) is 1. The molecule has 4 aromatic rings. The first-order valence-corrected chi connectivity index (χ1v) is 9.90. The minimum absolute atomic E-state index is 0.116. The molecule has 0 saturated heterocycles. The summed E-state index contributed by atoms with van der Waals surface area (Å²) in [6, 6.07) is 13.4. The van der Waals surface area contributed by atoms with Crippen LogP contribution in [0.4, 0.5) is 5.95 Å². The van der Waals surface area contributed by atoms with E-state index in [0.29, 0.717) is 10.7 Å². The number of amides is 1. The fourth-order valence-electron chi connectivity index (χ4n) is 2.89. The van der Waals surface area contributed by atoms with E-state index in [9.17, 15) is 4.79 Å². The third-order valence-corrected chi connectivity index (χ3v) is 5.38. The van der Waals surface area contributed by atoms with Crippen molar-refractivity contribution >= 4 is 28.2 Å². The van der Waals surface area contributed by atoms with Crippen LogP contribution in [0.2, 0.25) is 0 Å². The van der Waals surface area contributed by atoms with Gasteiger partial charge < -0.3 is 9.47 Å². The van der Waals surface area contributed by atoms with Crippen molar-refractivity contribution < 1.29 is 14.3 Å². The zero-order valence-electron chi connectivity index (χ0n) is 16.3. The molecule has 29 heavy (non-hydrogen) atoms. The van der Waals surface area contributed by atoms with E-state index in [1.165, 1.54) is 16.9 Å². The zero-order valence-corrected chi connectivity index (χ0v) is 17.1. The standard InChI is InChI=1S/C21H20N4O3S/c1-13-8-9-15(10-14(13)2)28-11-19(26)22-20-23-21-25(24-20)17(12-29-21)16-6-4-5-7-18(16)27-3/h4-10,12H,11H2,1-3H3,(H,22,24,26). The molecule has 8 heteroatoms. The van der Waals surface area contributed by atoms with E-state index >= 15 is 0 Å². The molecule has 7 nitrogen and oxygen atoms in total. The lowest BCUT2D eigenvalue weighted by Crippen LogP contribution is -2.21. The number of carbonyl (C=O) groups excluding carboxylic acids is 1. The number of thiazole rings is 1. The molecule has 2 heterocycles. The largest absolute Gasteiger partial charge is 0.496 e. The average Bonchev–Trinajstić information content (AvgIpc) is 3.29. The fourth-order valence-corrected chi connectivity index (χ4v) is 3.71. The highest BCUT2D eigenvalue weighted by Gasteiger charge is 2.16. The topological polar surface area (TPSA) is 77.8 Å². The molecular formula is C21H20N4O3S. The number of carbonyl (C=O) groups is 1. The maximum atomic E-state index is 12.2. The molecule has 0 bridgehead atoms. The van der Waals surface area contributed by atoms with Crippen LogP contribution in [0.15, 0.2) is 47.8 Å². The highest BCUT2D eigenvalue weighted by Crippen LogP contribution is 2.32. The first-order chi connectivity index (χ1) is 14.0. The molecule has 4 rings (SSSR count). The summed E-state index contributed by atoms with van der Waals surface area (Å²) in [5.74, 6) is 1.32. The lowest BCUT2D eigenvalue weighted by molar-refractivity contribution is -0.118. The van der Waals surface area contributed by atoms with Gasteiger partial charge in [0, 0.05) is 10.9 Å². The summed E-state index contributed by atoms with van der Waals surface area (Å²) in [7, 11) is 1.63. The van der Waals surface area contributed by atoms with Crippen molar-refractivity contribution in [3.63, 3.8) is 0 Å². The van der Waals surface area contributed by atoms with Crippen molar-refractivity contribution in [2.24, 2.45) is 0 Å². The van der Waals surface area contributed by atoms with E-state index in [2.05, 4.69) is 15.4 Å². The molecule has 0 saturated carbocycles. The van der Waals surface area contributed by atoms with Gasteiger partial charge in [-0.25, -0.2) is 4.52 Å². The van der Waals surface area contributed by atoms with E-state index in [4.69, 9.17) is 9.47 Å². The highest BCUT2D eigenvalue weighted by atomic mass is 32.1. The van der Waals surface area contributed by atoms with Crippen molar-refractivity contribution in [3.05, 3.63) is 59.0 Å². The van der Waals surface area contributed by atoms with Crippen LogP contribution in [-0.2, 0) is 4.79 Å². The Kier molecular flexibility index (Phi) is 5.18. The van der Waals surface area contributed by atoms with Gasteiger partial charge in [-0.1, -0.05) is 18.2 Å². The second-order valence-corrected chi connectivity index (χ2v) is 7.37. The van der Waals surface area contributed by atoms with E-state index in [0.717, 1.165) is 22.6 Å². The number of anilines is 1. The quantitative estimate of drug-likeness (QED) is 0.520. The molecule has 2 aromatic carbocycles. The Morgan fingerprint density at radius 2 is 2.00 bits per heavy atom. The average molecular weight is 408 g/mol. The maximum absolute atomic E-state index is 12.2. The lowest BCUT2D eigenvalue weighted by Gasteiger charge is -2.07. The molecule has 0 atom stereocenters. The Morgan fingerprint density at radius 1 is 1.17 bits per heavy atom. The molecule has 0 fully saturated rings. The molecule has 1 N–H and O–H groups in total. The summed E-state index contributed by atoms with van der Waals surface area (Å²) >= 11 is 1.44.